The Labute approximate surface area is 180 Å². The van der Waals surface area contributed by atoms with Gasteiger partial charge in [0.05, 0.1) is 6.04 Å². The number of carbonyl (C=O) groups excluding carboxylic acids is 2. The molecule has 4 rings (SSSR count). The van der Waals surface area contributed by atoms with Crippen LogP contribution in [-0.2, 0) is 11.2 Å². The Kier molecular flexibility index (Phi) is 7.26. The first-order valence-electron chi connectivity index (χ1n) is 11.8. The largest absolute Gasteiger partial charge is 0.338 e. The fourth-order valence-corrected chi connectivity index (χ4v) is 4.76. The second-order valence-corrected chi connectivity index (χ2v) is 9.06. The van der Waals surface area contributed by atoms with Crippen molar-refractivity contribution in [2.75, 3.05) is 45.8 Å². The lowest BCUT2D eigenvalue weighted by Crippen LogP contribution is -2.46. The van der Waals surface area contributed by atoms with Crippen molar-refractivity contribution >= 4 is 11.9 Å². The molecule has 1 aromatic carbocycles. The summed E-state index contributed by atoms with van der Waals surface area (Å²) in [6, 6.07) is 10.4. The average Bonchev–Trinajstić information content (AvgIpc) is 3.27. The zero-order chi connectivity index (χ0) is 20.8. The quantitative estimate of drug-likeness (QED) is 0.679. The van der Waals surface area contributed by atoms with Crippen LogP contribution in [0, 0.1) is 5.92 Å². The van der Waals surface area contributed by atoms with Gasteiger partial charge in [-0.1, -0.05) is 30.3 Å². The summed E-state index contributed by atoms with van der Waals surface area (Å²) >= 11 is 0. The van der Waals surface area contributed by atoms with Gasteiger partial charge in [0.25, 0.3) is 0 Å². The van der Waals surface area contributed by atoms with E-state index in [0.29, 0.717) is 19.0 Å². The molecular formula is C24H36N4O2. The van der Waals surface area contributed by atoms with Gasteiger partial charge in [0.2, 0.25) is 5.91 Å². The standard InChI is InChI=1S/C24H36N4O2/c29-23(21-9-10-21)28(17-6-16-26-14-4-5-15-26)22-12-18-27(19-22)24(30)25-13-11-20-7-2-1-3-8-20/h1-3,7-8,21-22H,4-6,9-19H2,(H,25,30). The van der Waals surface area contributed by atoms with Crippen molar-refractivity contribution in [1.82, 2.24) is 20.0 Å². The minimum atomic E-state index is 0.00400. The third kappa shape index (κ3) is 5.75. The summed E-state index contributed by atoms with van der Waals surface area (Å²) in [6.45, 7) is 6.38. The predicted molar refractivity (Wildman–Crippen MR) is 118 cm³/mol. The lowest BCUT2D eigenvalue weighted by Gasteiger charge is -2.30. The summed E-state index contributed by atoms with van der Waals surface area (Å²) < 4.78 is 0. The van der Waals surface area contributed by atoms with Gasteiger partial charge in [0, 0.05) is 32.1 Å². The van der Waals surface area contributed by atoms with Crippen molar-refractivity contribution in [3.63, 3.8) is 0 Å². The third-order valence-corrected chi connectivity index (χ3v) is 6.71. The normalized spacial score (nSPS) is 21.7. The van der Waals surface area contributed by atoms with Gasteiger partial charge in [0.1, 0.15) is 0 Å². The van der Waals surface area contributed by atoms with Gasteiger partial charge in [0.15, 0.2) is 0 Å². The molecule has 1 atom stereocenters. The fourth-order valence-electron chi connectivity index (χ4n) is 4.76. The Bertz CT molecular complexity index is 700. The van der Waals surface area contributed by atoms with E-state index in [1.807, 2.05) is 23.1 Å². The number of nitrogens with one attached hydrogen (secondary N) is 1. The first kappa shape index (κ1) is 21.2. The van der Waals surface area contributed by atoms with Gasteiger partial charge < -0.3 is 20.0 Å². The number of benzene rings is 1. The van der Waals surface area contributed by atoms with Gasteiger partial charge in [-0.25, -0.2) is 4.79 Å². The Morgan fingerprint density at radius 2 is 1.80 bits per heavy atom. The van der Waals surface area contributed by atoms with E-state index in [4.69, 9.17) is 0 Å². The first-order chi connectivity index (χ1) is 14.7. The second kappa shape index (κ2) is 10.3. The van der Waals surface area contributed by atoms with Crippen molar-refractivity contribution in [2.45, 2.75) is 51.0 Å². The second-order valence-electron chi connectivity index (χ2n) is 9.06. The molecule has 1 unspecified atom stereocenters. The predicted octanol–water partition coefficient (Wildman–Crippen LogP) is 2.74. The summed E-state index contributed by atoms with van der Waals surface area (Å²) in [7, 11) is 0. The molecule has 0 bridgehead atoms. The van der Waals surface area contributed by atoms with Crippen molar-refractivity contribution in [1.29, 1.82) is 0 Å². The monoisotopic (exact) mass is 412 g/mol. The number of rotatable bonds is 9. The summed E-state index contributed by atoms with van der Waals surface area (Å²) in [5.74, 6) is 0.568. The molecule has 1 aliphatic carbocycles. The number of likely N-dealkylation sites (tertiary alicyclic amines) is 2. The molecule has 2 aliphatic heterocycles. The minimum absolute atomic E-state index is 0.00400. The van der Waals surface area contributed by atoms with Gasteiger partial charge in [-0.15, -0.1) is 0 Å². The van der Waals surface area contributed by atoms with Crippen molar-refractivity contribution in [2.24, 2.45) is 5.92 Å². The number of nitrogens with zero attached hydrogens (tertiary/aromatic N) is 3. The topological polar surface area (TPSA) is 55.9 Å². The van der Waals surface area contributed by atoms with Crippen LogP contribution < -0.4 is 5.32 Å². The van der Waals surface area contributed by atoms with E-state index in [1.54, 1.807) is 0 Å². The molecule has 6 nitrogen and oxygen atoms in total. The van der Waals surface area contributed by atoms with E-state index in [0.717, 1.165) is 51.7 Å². The highest BCUT2D eigenvalue weighted by molar-refractivity contribution is 5.81. The maximum atomic E-state index is 12.9. The SMILES string of the molecule is O=C(NCCc1ccccc1)N1CCC(N(CCCN2CCCC2)C(=O)C2CC2)C1. The lowest BCUT2D eigenvalue weighted by atomic mass is 10.1. The summed E-state index contributed by atoms with van der Waals surface area (Å²) in [6.07, 6.45) is 7.47. The van der Waals surface area contributed by atoms with E-state index >= 15 is 0 Å². The van der Waals surface area contributed by atoms with Crippen molar-refractivity contribution < 1.29 is 9.59 Å². The van der Waals surface area contributed by atoms with Crippen LogP contribution in [0.15, 0.2) is 30.3 Å². The van der Waals surface area contributed by atoms with Crippen LogP contribution in [0.3, 0.4) is 0 Å². The number of urea groups is 1. The summed E-state index contributed by atoms with van der Waals surface area (Å²) in [5.41, 5.74) is 1.23. The fraction of sp³-hybridized carbons (Fsp3) is 0.667. The molecule has 164 valence electrons. The van der Waals surface area contributed by atoms with Crippen molar-refractivity contribution in [3.05, 3.63) is 35.9 Å². The Morgan fingerprint density at radius 3 is 2.53 bits per heavy atom. The average molecular weight is 413 g/mol. The van der Waals surface area contributed by atoms with Crippen molar-refractivity contribution in [3.8, 4) is 0 Å². The van der Waals surface area contributed by atoms with Crippen LogP contribution in [0.2, 0.25) is 0 Å². The zero-order valence-electron chi connectivity index (χ0n) is 18.1. The Balaban J connectivity index is 1.24. The van der Waals surface area contributed by atoms with Crippen LogP contribution in [0.4, 0.5) is 4.79 Å². The molecule has 0 aromatic heterocycles. The molecule has 3 fully saturated rings. The van der Waals surface area contributed by atoms with E-state index in [9.17, 15) is 9.59 Å². The zero-order valence-corrected chi connectivity index (χ0v) is 18.1. The molecule has 0 spiro atoms. The van der Waals surface area contributed by atoms with Crippen LogP contribution >= 0.6 is 0 Å². The molecule has 1 N–H and O–H groups in total. The molecule has 0 radical (unpaired) electrons. The molecule has 3 aliphatic rings. The van der Waals surface area contributed by atoms with E-state index in [-0.39, 0.29) is 18.0 Å². The number of amides is 3. The molecule has 1 aromatic rings. The van der Waals surface area contributed by atoms with Gasteiger partial charge in [-0.3, -0.25) is 4.79 Å². The maximum Gasteiger partial charge on any atom is 0.317 e. The van der Waals surface area contributed by atoms with E-state index in [1.165, 1.54) is 31.5 Å². The van der Waals surface area contributed by atoms with E-state index in [2.05, 4.69) is 27.2 Å². The molecule has 1 saturated carbocycles. The number of hydrogen-bond donors (Lipinski definition) is 1. The highest BCUT2D eigenvalue weighted by atomic mass is 16.2. The maximum absolute atomic E-state index is 12.9. The summed E-state index contributed by atoms with van der Waals surface area (Å²) in [4.78, 5) is 32.1. The smallest absolute Gasteiger partial charge is 0.317 e. The highest BCUT2D eigenvalue weighted by Crippen LogP contribution is 2.33. The molecule has 6 heteroatoms. The summed E-state index contributed by atoms with van der Waals surface area (Å²) in [5, 5.41) is 3.05. The molecule has 2 saturated heterocycles. The van der Waals surface area contributed by atoms with Gasteiger partial charge in [-0.2, -0.15) is 0 Å². The van der Waals surface area contributed by atoms with Crippen LogP contribution in [0.25, 0.3) is 0 Å². The van der Waals surface area contributed by atoms with Gasteiger partial charge >= 0.3 is 6.03 Å². The highest BCUT2D eigenvalue weighted by Gasteiger charge is 2.39. The minimum Gasteiger partial charge on any atom is -0.338 e. The number of hydrogen-bond acceptors (Lipinski definition) is 3. The van der Waals surface area contributed by atoms with Gasteiger partial charge in [-0.05, 0) is 70.1 Å². The van der Waals surface area contributed by atoms with E-state index < -0.39 is 0 Å². The molecule has 30 heavy (non-hydrogen) atoms. The van der Waals surface area contributed by atoms with Crippen LogP contribution in [-0.4, -0.2) is 78.5 Å². The number of carbonyl (C=O) groups is 2. The first-order valence-corrected chi connectivity index (χ1v) is 11.8. The van der Waals surface area contributed by atoms with Crippen LogP contribution in [0.1, 0.15) is 44.1 Å². The molecule has 3 amide bonds. The Morgan fingerprint density at radius 1 is 1.03 bits per heavy atom. The molecule has 2 heterocycles. The Hall–Kier alpha value is -2.08. The third-order valence-electron chi connectivity index (χ3n) is 6.71. The lowest BCUT2D eigenvalue weighted by molar-refractivity contribution is -0.134. The van der Waals surface area contributed by atoms with Crippen LogP contribution in [0.5, 0.6) is 0 Å². The molecular weight excluding hydrogens is 376 g/mol.